The van der Waals surface area contributed by atoms with Crippen molar-refractivity contribution in [3.63, 3.8) is 0 Å². The zero-order chi connectivity index (χ0) is 22.1. The number of likely N-dealkylation sites (N-methyl/N-ethyl adjacent to an activating group) is 1. The Hall–Kier alpha value is -3.23. The van der Waals surface area contributed by atoms with Crippen LogP contribution in [-0.2, 0) is 0 Å². The lowest BCUT2D eigenvalue weighted by molar-refractivity contribution is 0.188. The van der Waals surface area contributed by atoms with Gasteiger partial charge in [0.1, 0.15) is 5.82 Å². The van der Waals surface area contributed by atoms with Gasteiger partial charge in [-0.05, 0) is 38.1 Å². The largest absolute Gasteiger partial charge is 0.370 e. The number of nitrogens with two attached hydrogens (primary N) is 2. The highest BCUT2D eigenvalue weighted by Crippen LogP contribution is 2.34. The third kappa shape index (κ3) is 3.99. The van der Waals surface area contributed by atoms with Crippen molar-refractivity contribution in [1.29, 1.82) is 0 Å². The standard InChI is InChI=1S/C24H27N7S/c1-2-30-13-5-6-18(14-30)31-21-8-4-3-7-19(21)27-22(31)17-11-9-16(10-12-17)20-15-32-24(28-20)29-23(25)26/h3-4,7-12,15,18H,2,5-6,13-14H2,1H3,(H4,25,26,28,29). The first-order valence-electron chi connectivity index (χ1n) is 11.0. The molecule has 1 fully saturated rings. The number of rotatable bonds is 5. The summed E-state index contributed by atoms with van der Waals surface area (Å²) >= 11 is 1.42. The van der Waals surface area contributed by atoms with Crippen LogP contribution < -0.4 is 11.5 Å². The molecule has 1 unspecified atom stereocenters. The number of imidazole rings is 1. The normalized spacial score (nSPS) is 17.0. The maximum atomic E-state index is 5.46. The molecule has 164 valence electrons. The summed E-state index contributed by atoms with van der Waals surface area (Å²) in [4.78, 5) is 16.1. The van der Waals surface area contributed by atoms with E-state index in [2.05, 4.69) is 74.9 Å². The predicted molar refractivity (Wildman–Crippen MR) is 132 cm³/mol. The van der Waals surface area contributed by atoms with Crippen LogP contribution in [0.4, 0.5) is 5.13 Å². The van der Waals surface area contributed by atoms with Gasteiger partial charge in [-0.2, -0.15) is 4.99 Å². The minimum Gasteiger partial charge on any atom is -0.370 e. The van der Waals surface area contributed by atoms with Gasteiger partial charge in [-0.1, -0.05) is 43.3 Å². The minimum atomic E-state index is 0.0181. The Morgan fingerprint density at radius 1 is 1.09 bits per heavy atom. The van der Waals surface area contributed by atoms with Crippen LogP contribution in [0.2, 0.25) is 0 Å². The molecule has 0 radical (unpaired) electrons. The van der Waals surface area contributed by atoms with Crippen LogP contribution >= 0.6 is 11.3 Å². The fourth-order valence-corrected chi connectivity index (χ4v) is 5.21. The van der Waals surface area contributed by atoms with Crippen molar-refractivity contribution in [2.75, 3.05) is 19.6 Å². The van der Waals surface area contributed by atoms with Crippen molar-refractivity contribution in [3.8, 4) is 22.6 Å². The molecule has 7 nitrogen and oxygen atoms in total. The molecule has 0 spiro atoms. The number of para-hydroxylation sites is 2. The van der Waals surface area contributed by atoms with Gasteiger partial charge in [0, 0.05) is 29.1 Å². The van der Waals surface area contributed by atoms with E-state index in [1.165, 1.54) is 36.2 Å². The Morgan fingerprint density at radius 2 is 1.88 bits per heavy atom. The Kier molecular flexibility index (Phi) is 5.63. The highest BCUT2D eigenvalue weighted by Gasteiger charge is 2.25. The monoisotopic (exact) mass is 445 g/mol. The molecule has 1 saturated heterocycles. The average molecular weight is 446 g/mol. The molecule has 5 rings (SSSR count). The van der Waals surface area contributed by atoms with Crippen molar-refractivity contribution in [2.24, 2.45) is 16.5 Å². The second-order valence-corrected chi connectivity index (χ2v) is 8.95. The third-order valence-electron chi connectivity index (χ3n) is 6.04. The van der Waals surface area contributed by atoms with Crippen molar-refractivity contribution in [3.05, 3.63) is 53.9 Å². The number of benzene rings is 2. The summed E-state index contributed by atoms with van der Waals surface area (Å²) in [7, 11) is 0. The maximum Gasteiger partial charge on any atom is 0.212 e. The van der Waals surface area contributed by atoms with Crippen LogP contribution in [-0.4, -0.2) is 45.0 Å². The molecule has 3 heterocycles. The molecule has 2 aromatic carbocycles. The maximum absolute atomic E-state index is 5.46. The fourth-order valence-electron chi connectivity index (χ4n) is 4.50. The summed E-state index contributed by atoms with van der Waals surface area (Å²) in [5, 5.41) is 2.52. The zero-order valence-corrected chi connectivity index (χ0v) is 18.9. The van der Waals surface area contributed by atoms with Crippen LogP contribution in [0.25, 0.3) is 33.7 Å². The van der Waals surface area contributed by atoms with Crippen LogP contribution in [0.15, 0.2) is 58.9 Å². The van der Waals surface area contributed by atoms with Crippen LogP contribution in [0.1, 0.15) is 25.8 Å². The SMILES string of the molecule is CCN1CCCC(n2c(-c3ccc(-c4csc(N=C(N)N)n4)cc3)nc3ccccc32)C1. The molecule has 1 aliphatic heterocycles. The van der Waals surface area contributed by atoms with E-state index in [1.54, 1.807) is 0 Å². The number of likely N-dealkylation sites (tertiary alicyclic amines) is 1. The van der Waals surface area contributed by atoms with Gasteiger partial charge >= 0.3 is 0 Å². The van der Waals surface area contributed by atoms with E-state index in [-0.39, 0.29) is 5.96 Å². The molecule has 1 atom stereocenters. The van der Waals surface area contributed by atoms with E-state index in [0.29, 0.717) is 11.2 Å². The first-order valence-corrected chi connectivity index (χ1v) is 11.9. The summed E-state index contributed by atoms with van der Waals surface area (Å²) < 4.78 is 2.45. The molecule has 0 bridgehead atoms. The van der Waals surface area contributed by atoms with E-state index in [4.69, 9.17) is 16.5 Å². The van der Waals surface area contributed by atoms with Crippen molar-refractivity contribution in [1.82, 2.24) is 19.4 Å². The van der Waals surface area contributed by atoms with E-state index < -0.39 is 0 Å². The quantitative estimate of drug-likeness (QED) is 0.351. The summed E-state index contributed by atoms with van der Waals surface area (Å²) in [5.74, 6) is 1.05. The smallest absolute Gasteiger partial charge is 0.212 e. The van der Waals surface area contributed by atoms with Gasteiger partial charge in [-0.15, -0.1) is 11.3 Å². The second-order valence-electron chi connectivity index (χ2n) is 8.11. The van der Waals surface area contributed by atoms with E-state index in [1.807, 2.05) is 5.38 Å². The summed E-state index contributed by atoms with van der Waals surface area (Å²) in [5.41, 5.74) is 16.2. The molecule has 0 aliphatic carbocycles. The summed E-state index contributed by atoms with van der Waals surface area (Å²) in [6.45, 7) is 5.57. The van der Waals surface area contributed by atoms with E-state index in [9.17, 15) is 0 Å². The van der Waals surface area contributed by atoms with E-state index >= 15 is 0 Å². The number of nitrogens with zero attached hydrogens (tertiary/aromatic N) is 5. The molecule has 0 amide bonds. The van der Waals surface area contributed by atoms with Crippen molar-refractivity contribution in [2.45, 2.75) is 25.8 Å². The van der Waals surface area contributed by atoms with Crippen LogP contribution in [0.3, 0.4) is 0 Å². The molecule has 4 N–H and O–H groups in total. The molecule has 2 aromatic heterocycles. The topological polar surface area (TPSA) is 98.3 Å². The number of aromatic nitrogens is 3. The highest BCUT2D eigenvalue weighted by atomic mass is 32.1. The number of hydrogen-bond donors (Lipinski definition) is 2. The lowest BCUT2D eigenvalue weighted by atomic mass is 10.0. The van der Waals surface area contributed by atoms with Crippen LogP contribution in [0.5, 0.6) is 0 Å². The Labute approximate surface area is 191 Å². The fraction of sp³-hybridized carbons (Fsp3) is 0.292. The predicted octanol–water partition coefficient (Wildman–Crippen LogP) is 4.39. The average Bonchev–Trinajstić information content (AvgIpc) is 3.43. The van der Waals surface area contributed by atoms with Gasteiger partial charge in [0.15, 0.2) is 5.96 Å². The van der Waals surface area contributed by atoms with Gasteiger partial charge < -0.3 is 20.9 Å². The summed E-state index contributed by atoms with van der Waals surface area (Å²) in [6.07, 6.45) is 2.39. The number of piperidine rings is 1. The molecule has 0 saturated carbocycles. The Balaban J connectivity index is 1.52. The third-order valence-corrected chi connectivity index (χ3v) is 6.78. The van der Waals surface area contributed by atoms with Crippen molar-refractivity contribution < 1.29 is 0 Å². The molecular formula is C24H27N7S. The van der Waals surface area contributed by atoms with E-state index in [0.717, 1.165) is 41.3 Å². The molecular weight excluding hydrogens is 418 g/mol. The van der Waals surface area contributed by atoms with Gasteiger partial charge in [-0.3, -0.25) is 0 Å². The Morgan fingerprint density at radius 3 is 2.66 bits per heavy atom. The molecule has 32 heavy (non-hydrogen) atoms. The number of fused-ring (bicyclic) bond motifs is 1. The second kappa shape index (κ2) is 8.72. The number of guanidine groups is 1. The van der Waals surface area contributed by atoms with Gasteiger partial charge in [0.2, 0.25) is 5.13 Å². The Bertz CT molecular complexity index is 1250. The van der Waals surface area contributed by atoms with Gasteiger partial charge in [0.05, 0.1) is 16.7 Å². The lowest BCUT2D eigenvalue weighted by Crippen LogP contribution is -2.36. The first-order chi connectivity index (χ1) is 15.6. The molecule has 1 aliphatic rings. The zero-order valence-electron chi connectivity index (χ0n) is 18.1. The number of aliphatic imine (C=N–C) groups is 1. The van der Waals surface area contributed by atoms with Crippen molar-refractivity contribution >= 4 is 33.5 Å². The van der Waals surface area contributed by atoms with Crippen LogP contribution in [0, 0.1) is 0 Å². The minimum absolute atomic E-state index is 0.0181. The first kappa shape index (κ1) is 20.7. The van der Waals surface area contributed by atoms with Gasteiger partial charge in [0.25, 0.3) is 0 Å². The highest BCUT2D eigenvalue weighted by molar-refractivity contribution is 7.13. The summed E-state index contributed by atoms with van der Waals surface area (Å²) in [6, 6.07) is 17.3. The van der Waals surface area contributed by atoms with Gasteiger partial charge in [-0.25, -0.2) is 9.97 Å². The lowest BCUT2D eigenvalue weighted by Gasteiger charge is -2.33. The number of thiazole rings is 1. The molecule has 8 heteroatoms. The molecule has 4 aromatic rings. The number of hydrogen-bond acceptors (Lipinski definition) is 5.